The number of ether oxygens (including phenoxy) is 1. The lowest BCUT2D eigenvalue weighted by Gasteiger charge is -2.37. The number of nitrogens with zero attached hydrogens (tertiary/aromatic N) is 3. The van der Waals surface area contributed by atoms with Crippen LogP contribution in [0.15, 0.2) is 18.2 Å². The van der Waals surface area contributed by atoms with E-state index in [0.29, 0.717) is 18.8 Å². The molecule has 7 nitrogen and oxygen atoms in total. The summed E-state index contributed by atoms with van der Waals surface area (Å²) in [5, 5.41) is 13.3. The minimum Gasteiger partial charge on any atom is -0.496 e. The summed E-state index contributed by atoms with van der Waals surface area (Å²) in [6.45, 7) is 6.75. The van der Waals surface area contributed by atoms with Crippen LogP contribution in [0.3, 0.4) is 0 Å². The number of rotatable bonds is 3. The van der Waals surface area contributed by atoms with E-state index in [1.807, 2.05) is 25.1 Å². The van der Waals surface area contributed by atoms with Gasteiger partial charge in [-0.05, 0) is 25.6 Å². The number of nitrogens with one attached hydrogen (secondary N) is 1. The number of aliphatic hydroxyl groups excluding tert-OH is 1. The summed E-state index contributed by atoms with van der Waals surface area (Å²) in [6, 6.07) is 5.44. The third-order valence-corrected chi connectivity index (χ3v) is 5.21. The maximum Gasteiger partial charge on any atom is 0.321 e. The molecule has 138 valence electrons. The predicted octanol–water partition coefficient (Wildman–Crippen LogP) is 0.828. The van der Waals surface area contributed by atoms with Gasteiger partial charge in [0.1, 0.15) is 5.75 Å². The first-order valence-corrected chi connectivity index (χ1v) is 8.79. The van der Waals surface area contributed by atoms with Crippen LogP contribution in [-0.2, 0) is 0 Å². The normalized spacial score (nSPS) is 25.2. The lowest BCUT2D eigenvalue weighted by atomic mass is 10.1. The highest BCUT2D eigenvalue weighted by Crippen LogP contribution is 2.23. The van der Waals surface area contributed by atoms with Gasteiger partial charge in [0.25, 0.3) is 0 Å². The highest BCUT2D eigenvalue weighted by Gasteiger charge is 2.38. The first-order valence-electron chi connectivity index (χ1n) is 8.79. The number of amides is 2. The summed E-state index contributed by atoms with van der Waals surface area (Å²) < 4.78 is 5.30. The number of piperazine rings is 1. The molecule has 0 saturated carbocycles. The number of carbonyl (C=O) groups excluding carboxylic acids is 1. The van der Waals surface area contributed by atoms with Gasteiger partial charge in [-0.2, -0.15) is 0 Å². The van der Waals surface area contributed by atoms with Gasteiger partial charge in [-0.25, -0.2) is 4.79 Å². The first kappa shape index (κ1) is 18.0. The highest BCUT2D eigenvalue weighted by atomic mass is 16.5. The number of benzene rings is 1. The fourth-order valence-corrected chi connectivity index (χ4v) is 3.55. The van der Waals surface area contributed by atoms with Crippen LogP contribution >= 0.6 is 0 Å². The van der Waals surface area contributed by atoms with Crippen LogP contribution in [0, 0.1) is 6.92 Å². The first-order chi connectivity index (χ1) is 12.0. The summed E-state index contributed by atoms with van der Waals surface area (Å²) in [5.41, 5.74) is 1.72. The minimum absolute atomic E-state index is 0.0204. The van der Waals surface area contributed by atoms with Gasteiger partial charge in [0.15, 0.2) is 0 Å². The standard InChI is InChI=1S/C18H28N4O3/c1-13-4-5-14(10-17(13)25-3)19-18(24)22-11-15(16(23)12-22)21-8-6-20(2)7-9-21/h4-5,10,15-16,23H,6-9,11-12H2,1-3H3,(H,19,24). The molecule has 2 saturated heterocycles. The Hall–Kier alpha value is -1.83. The third kappa shape index (κ3) is 4.05. The van der Waals surface area contributed by atoms with Gasteiger partial charge in [0, 0.05) is 44.5 Å². The van der Waals surface area contributed by atoms with Gasteiger partial charge in [-0.3, -0.25) is 4.90 Å². The van der Waals surface area contributed by atoms with Gasteiger partial charge < -0.3 is 25.0 Å². The monoisotopic (exact) mass is 348 g/mol. The molecule has 1 aromatic rings. The Kier molecular flexibility index (Phi) is 5.46. The molecule has 2 unspecified atom stereocenters. The predicted molar refractivity (Wildman–Crippen MR) is 97.2 cm³/mol. The molecule has 25 heavy (non-hydrogen) atoms. The average molecular weight is 348 g/mol. The minimum atomic E-state index is -0.498. The Morgan fingerprint density at radius 2 is 1.96 bits per heavy atom. The van der Waals surface area contributed by atoms with Crippen LogP contribution in [0.2, 0.25) is 0 Å². The number of β-amino-alcohol motifs (C(OH)–C–C–N with tert-alkyl or cyclic N) is 1. The second-order valence-corrected chi connectivity index (χ2v) is 6.99. The molecular weight excluding hydrogens is 320 g/mol. The maximum absolute atomic E-state index is 12.6. The smallest absolute Gasteiger partial charge is 0.321 e. The molecule has 0 radical (unpaired) electrons. The number of hydrogen-bond donors (Lipinski definition) is 2. The molecule has 2 aliphatic rings. The van der Waals surface area contributed by atoms with Crippen LogP contribution < -0.4 is 10.1 Å². The number of methoxy groups -OCH3 is 1. The fourth-order valence-electron chi connectivity index (χ4n) is 3.55. The van der Waals surface area contributed by atoms with Crippen molar-refractivity contribution in [2.24, 2.45) is 0 Å². The largest absolute Gasteiger partial charge is 0.496 e. The van der Waals surface area contributed by atoms with Gasteiger partial charge >= 0.3 is 6.03 Å². The van der Waals surface area contributed by atoms with E-state index < -0.39 is 6.10 Å². The van der Waals surface area contributed by atoms with Crippen LogP contribution in [0.4, 0.5) is 10.5 Å². The summed E-state index contributed by atoms with van der Waals surface area (Å²) in [6.07, 6.45) is -0.498. The van der Waals surface area contributed by atoms with Gasteiger partial charge in [-0.1, -0.05) is 6.07 Å². The molecule has 0 bridgehead atoms. The number of hydrogen-bond acceptors (Lipinski definition) is 5. The van der Waals surface area contributed by atoms with Crippen LogP contribution in [0.5, 0.6) is 5.75 Å². The van der Waals surface area contributed by atoms with Gasteiger partial charge in [0.2, 0.25) is 0 Å². The average Bonchev–Trinajstić information content (AvgIpc) is 2.99. The van der Waals surface area contributed by atoms with Crippen molar-refractivity contribution in [1.82, 2.24) is 14.7 Å². The Balaban J connectivity index is 1.60. The molecule has 2 heterocycles. The molecule has 2 amide bonds. The molecule has 2 aliphatic heterocycles. The summed E-state index contributed by atoms with van der Waals surface area (Å²) >= 11 is 0. The fraction of sp³-hybridized carbons (Fsp3) is 0.611. The van der Waals surface area contributed by atoms with Crippen molar-refractivity contribution in [2.45, 2.75) is 19.1 Å². The number of likely N-dealkylation sites (N-methyl/N-ethyl adjacent to an activating group) is 1. The van der Waals surface area contributed by atoms with E-state index in [4.69, 9.17) is 4.74 Å². The quantitative estimate of drug-likeness (QED) is 0.847. The maximum atomic E-state index is 12.6. The van der Waals surface area contributed by atoms with Crippen LogP contribution in [0.25, 0.3) is 0 Å². The summed E-state index contributed by atoms with van der Waals surface area (Å²) in [5.74, 6) is 0.745. The van der Waals surface area contributed by atoms with E-state index in [1.54, 1.807) is 12.0 Å². The van der Waals surface area contributed by atoms with E-state index in [2.05, 4.69) is 22.2 Å². The molecule has 0 spiro atoms. The van der Waals surface area contributed by atoms with Crippen molar-refractivity contribution < 1.29 is 14.6 Å². The topological polar surface area (TPSA) is 68.3 Å². The molecule has 2 fully saturated rings. The van der Waals surface area contributed by atoms with Crippen molar-refractivity contribution in [3.05, 3.63) is 23.8 Å². The zero-order chi connectivity index (χ0) is 18.0. The Morgan fingerprint density at radius 3 is 2.64 bits per heavy atom. The number of anilines is 1. The number of aliphatic hydroxyl groups is 1. The second kappa shape index (κ2) is 7.59. The zero-order valence-corrected chi connectivity index (χ0v) is 15.2. The summed E-state index contributed by atoms with van der Waals surface area (Å²) in [7, 11) is 3.73. The number of aryl methyl sites for hydroxylation is 1. The van der Waals surface area contributed by atoms with Gasteiger partial charge in [0.05, 0.1) is 25.8 Å². The van der Waals surface area contributed by atoms with Crippen molar-refractivity contribution in [1.29, 1.82) is 0 Å². The molecule has 2 N–H and O–H groups in total. The van der Waals surface area contributed by atoms with E-state index in [1.165, 1.54) is 0 Å². The molecule has 0 aromatic heterocycles. The lowest BCUT2D eigenvalue weighted by Crippen LogP contribution is -2.52. The zero-order valence-electron chi connectivity index (χ0n) is 15.2. The molecule has 7 heteroatoms. The Morgan fingerprint density at radius 1 is 1.24 bits per heavy atom. The van der Waals surface area contributed by atoms with E-state index in [-0.39, 0.29) is 12.1 Å². The van der Waals surface area contributed by atoms with Crippen molar-refractivity contribution in [3.63, 3.8) is 0 Å². The van der Waals surface area contributed by atoms with Crippen LogP contribution in [-0.4, -0.2) is 91.4 Å². The molecule has 3 rings (SSSR count). The number of likely N-dealkylation sites (tertiary alicyclic amines) is 1. The second-order valence-electron chi connectivity index (χ2n) is 6.99. The van der Waals surface area contributed by atoms with Crippen molar-refractivity contribution in [3.8, 4) is 5.75 Å². The van der Waals surface area contributed by atoms with Crippen molar-refractivity contribution >= 4 is 11.7 Å². The van der Waals surface area contributed by atoms with E-state index in [9.17, 15) is 9.90 Å². The highest BCUT2D eigenvalue weighted by molar-refractivity contribution is 5.90. The third-order valence-electron chi connectivity index (χ3n) is 5.21. The Labute approximate surface area is 149 Å². The molecule has 2 atom stereocenters. The Bertz CT molecular complexity index is 616. The van der Waals surface area contributed by atoms with Crippen molar-refractivity contribution in [2.75, 3.05) is 58.7 Å². The van der Waals surface area contributed by atoms with Crippen LogP contribution in [0.1, 0.15) is 5.56 Å². The number of urea groups is 1. The SMILES string of the molecule is COc1cc(NC(=O)N2CC(O)C(N3CCN(C)CC3)C2)ccc1C. The van der Waals surface area contributed by atoms with E-state index >= 15 is 0 Å². The lowest BCUT2D eigenvalue weighted by molar-refractivity contribution is 0.0512. The molecule has 0 aliphatic carbocycles. The molecule has 1 aromatic carbocycles. The van der Waals surface area contributed by atoms with E-state index in [0.717, 1.165) is 37.5 Å². The molecular formula is C18H28N4O3. The number of carbonyl (C=O) groups is 1. The van der Waals surface area contributed by atoms with Gasteiger partial charge in [-0.15, -0.1) is 0 Å². The summed E-state index contributed by atoms with van der Waals surface area (Å²) in [4.78, 5) is 18.8.